The minimum atomic E-state index is 0.000170. The lowest BCUT2D eigenvalue weighted by Crippen LogP contribution is -2.34. The van der Waals surface area contributed by atoms with E-state index < -0.39 is 0 Å². The number of methoxy groups -OCH3 is 1. The van der Waals surface area contributed by atoms with Crippen molar-refractivity contribution in [1.82, 2.24) is 15.1 Å². The van der Waals surface area contributed by atoms with E-state index in [-0.39, 0.29) is 17.1 Å². The highest BCUT2D eigenvalue weighted by Crippen LogP contribution is 2.27. The molecule has 2 aromatic carbocycles. The molecule has 0 aliphatic heterocycles. The Morgan fingerprint density at radius 3 is 2.42 bits per heavy atom. The molecule has 0 aliphatic rings. The van der Waals surface area contributed by atoms with E-state index in [9.17, 15) is 4.79 Å². The Kier molecular flexibility index (Phi) is 7.87. The molecule has 7 heteroatoms. The molecule has 0 unspecified atom stereocenters. The highest BCUT2D eigenvalue weighted by Gasteiger charge is 2.18. The molecule has 0 spiro atoms. The van der Waals surface area contributed by atoms with E-state index in [1.54, 1.807) is 12.0 Å². The molecular weight excluding hydrogens is 410 g/mol. The second-order valence-electron chi connectivity index (χ2n) is 8.28. The summed E-state index contributed by atoms with van der Waals surface area (Å²) < 4.78 is 10.9. The van der Waals surface area contributed by atoms with Crippen molar-refractivity contribution in [2.75, 3.05) is 26.0 Å². The van der Waals surface area contributed by atoms with Crippen molar-refractivity contribution in [1.29, 1.82) is 0 Å². The normalized spacial score (nSPS) is 11.5. The number of amides is 1. The fraction of sp³-hybridized carbons (Fsp3) is 0.375. The molecule has 0 N–H and O–H groups in total. The van der Waals surface area contributed by atoms with E-state index in [4.69, 9.17) is 9.15 Å². The van der Waals surface area contributed by atoms with Crippen LogP contribution in [-0.4, -0.2) is 47.0 Å². The van der Waals surface area contributed by atoms with Crippen LogP contribution in [0.5, 0.6) is 0 Å². The Morgan fingerprint density at radius 2 is 1.77 bits per heavy atom. The van der Waals surface area contributed by atoms with E-state index in [0.717, 1.165) is 11.1 Å². The van der Waals surface area contributed by atoms with Gasteiger partial charge in [-0.2, -0.15) is 0 Å². The van der Waals surface area contributed by atoms with Crippen LogP contribution in [0.4, 0.5) is 0 Å². The van der Waals surface area contributed by atoms with Gasteiger partial charge in [-0.15, -0.1) is 10.2 Å². The average Bonchev–Trinajstić information content (AvgIpc) is 3.24. The lowest BCUT2D eigenvalue weighted by Gasteiger charge is -2.22. The fourth-order valence-electron chi connectivity index (χ4n) is 3.01. The van der Waals surface area contributed by atoms with Gasteiger partial charge in [0.25, 0.3) is 5.22 Å². The van der Waals surface area contributed by atoms with E-state index in [2.05, 4.69) is 43.1 Å². The summed E-state index contributed by atoms with van der Waals surface area (Å²) in [4.78, 5) is 14.6. The highest BCUT2D eigenvalue weighted by atomic mass is 32.2. The first-order valence-electron chi connectivity index (χ1n) is 10.2. The van der Waals surface area contributed by atoms with Crippen LogP contribution in [0.15, 0.2) is 64.2 Å². The molecule has 0 fully saturated rings. The predicted molar refractivity (Wildman–Crippen MR) is 123 cm³/mol. The van der Waals surface area contributed by atoms with Crippen molar-refractivity contribution in [3.63, 3.8) is 0 Å². The molecule has 31 heavy (non-hydrogen) atoms. The maximum atomic E-state index is 12.8. The standard InChI is InChI=1S/C24H29N3O3S/c1-24(2,3)20-12-10-19(11-13-20)22-25-26-23(30-22)31-17-21(28)27(14-15-29-4)16-18-8-6-5-7-9-18/h5-13H,14-17H2,1-4H3. The van der Waals surface area contributed by atoms with Crippen molar-refractivity contribution in [2.24, 2.45) is 0 Å². The molecule has 0 bridgehead atoms. The molecule has 3 aromatic rings. The molecule has 164 valence electrons. The lowest BCUT2D eigenvalue weighted by atomic mass is 9.87. The van der Waals surface area contributed by atoms with Gasteiger partial charge in [0, 0.05) is 25.8 Å². The van der Waals surface area contributed by atoms with Gasteiger partial charge in [-0.25, -0.2) is 0 Å². The molecule has 1 aromatic heterocycles. The number of rotatable bonds is 9. The smallest absolute Gasteiger partial charge is 0.277 e. The molecule has 0 saturated carbocycles. The van der Waals surface area contributed by atoms with E-state index in [1.807, 2.05) is 42.5 Å². The first-order valence-corrected chi connectivity index (χ1v) is 11.2. The summed E-state index contributed by atoms with van der Waals surface area (Å²) in [6.07, 6.45) is 0. The van der Waals surface area contributed by atoms with Crippen LogP contribution < -0.4 is 0 Å². The highest BCUT2D eigenvalue weighted by molar-refractivity contribution is 7.99. The maximum absolute atomic E-state index is 12.8. The van der Waals surface area contributed by atoms with Gasteiger partial charge in [0.2, 0.25) is 11.8 Å². The summed E-state index contributed by atoms with van der Waals surface area (Å²) in [5, 5.41) is 8.61. The minimum absolute atomic E-state index is 0.000170. The van der Waals surface area contributed by atoms with Crippen LogP contribution in [0.3, 0.4) is 0 Å². The summed E-state index contributed by atoms with van der Waals surface area (Å²) in [5.74, 6) is 0.678. The Balaban J connectivity index is 1.60. The summed E-state index contributed by atoms with van der Waals surface area (Å²) in [6, 6.07) is 18.0. The number of hydrogen-bond donors (Lipinski definition) is 0. The van der Waals surface area contributed by atoms with Crippen molar-refractivity contribution in [3.8, 4) is 11.5 Å². The fourth-order valence-corrected chi connectivity index (χ4v) is 3.68. The van der Waals surface area contributed by atoms with Gasteiger partial charge in [-0.05, 0) is 28.7 Å². The third-order valence-electron chi connectivity index (χ3n) is 4.86. The second-order valence-corrected chi connectivity index (χ2v) is 9.21. The van der Waals surface area contributed by atoms with Crippen LogP contribution in [-0.2, 0) is 21.5 Å². The van der Waals surface area contributed by atoms with E-state index in [1.165, 1.54) is 17.3 Å². The molecule has 1 heterocycles. The van der Waals surface area contributed by atoms with Crippen molar-refractivity contribution < 1.29 is 13.9 Å². The number of carbonyl (C=O) groups is 1. The molecule has 0 radical (unpaired) electrons. The summed E-state index contributed by atoms with van der Waals surface area (Å²) >= 11 is 1.25. The maximum Gasteiger partial charge on any atom is 0.277 e. The van der Waals surface area contributed by atoms with Crippen LogP contribution in [0.2, 0.25) is 0 Å². The summed E-state index contributed by atoms with van der Waals surface area (Å²) in [7, 11) is 1.63. The first kappa shape index (κ1) is 23.0. The minimum Gasteiger partial charge on any atom is -0.411 e. The largest absolute Gasteiger partial charge is 0.411 e. The number of ether oxygens (including phenoxy) is 1. The zero-order valence-corrected chi connectivity index (χ0v) is 19.3. The van der Waals surface area contributed by atoms with Gasteiger partial charge in [0.1, 0.15) is 0 Å². The first-order chi connectivity index (χ1) is 14.9. The van der Waals surface area contributed by atoms with Crippen LogP contribution >= 0.6 is 11.8 Å². The number of thioether (sulfide) groups is 1. The van der Waals surface area contributed by atoms with Gasteiger partial charge in [-0.1, -0.05) is 75.0 Å². The topological polar surface area (TPSA) is 68.5 Å². The molecule has 0 saturated heterocycles. The molecular formula is C24H29N3O3S. The number of benzene rings is 2. The molecule has 0 aliphatic carbocycles. The molecule has 1 amide bonds. The second kappa shape index (κ2) is 10.6. The number of carbonyl (C=O) groups excluding carboxylic acids is 1. The molecule has 3 rings (SSSR count). The van der Waals surface area contributed by atoms with Gasteiger partial charge >= 0.3 is 0 Å². The summed E-state index contributed by atoms with van der Waals surface area (Å²) in [6.45, 7) is 8.08. The number of hydrogen-bond acceptors (Lipinski definition) is 6. The van der Waals surface area contributed by atoms with Gasteiger partial charge in [0.05, 0.1) is 12.4 Å². The van der Waals surface area contributed by atoms with Crippen LogP contribution in [0.1, 0.15) is 31.9 Å². The Labute approximate surface area is 188 Å². The number of nitrogens with zero attached hydrogens (tertiary/aromatic N) is 3. The van der Waals surface area contributed by atoms with Crippen molar-refractivity contribution in [2.45, 2.75) is 38.0 Å². The van der Waals surface area contributed by atoms with Crippen LogP contribution in [0.25, 0.3) is 11.5 Å². The van der Waals surface area contributed by atoms with Crippen molar-refractivity contribution in [3.05, 3.63) is 65.7 Å². The van der Waals surface area contributed by atoms with Gasteiger partial charge < -0.3 is 14.1 Å². The van der Waals surface area contributed by atoms with E-state index >= 15 is 0 Å². The van der Waals surface area contributed by atoms with Gasteiger partial charge in [0.15, 0.2) is 0 Å². The Hall–Kier alpha value is -2.64. The third kappa shape index (κ3) is 6.67. The monoisotopic (exact) mass is 439 g/mol. The third-order valence-corrected chi connectivity index (χ3v) is 5.66. The predicted octanol–water partition coefficient (Wildman–Crippen LogP) is 4.80. The lowest BCUT2D eigenvalue weighted by molar-refractivity contribution is -0.129. The zero-order chi connectivity index (χ0) is 22.3. The SMILES string of the molecule is COCCN(Cc1ccccc1)C(=O)CSc1nnc(-c2ccc(C(C)(C)C)cc2)o1. The van der Waals surface area contributed by atoms with E-state index in [0.29, 0.717) is 30.8 Å². The quantitative estimate of drug-likeness (QED) is 0.446. The van der Waals surface area contributed by atoms with Crippen LogP contribution in [0, 0.1) is 0 Å². The zero-order valence-electron chi connectivity index (χ0n) is 18.5. The molecule has 6 nitrogen and oxygen atoms in total. The van der Waals surface area contributed by atoms with Crippen molar-refractivity contribution >= 4 is 17.7 Å². The van der Waals surface area contributed by atoms with Gasteiger partial charge in [-0.3, -0.25) is 4.79 Å². The Bertz CT molecular complexity index is 966. The number of aromatic nitrogens is 2. The average molecular weight is 440 g/mol. The Morgan fingerprint density at radius 1 is 1.06 bits per heavy atom. The summed E-state index contributed by atoms with van der Waals surface area (Å²) in [5.41, 5.74) is 3.27. The molecule has 0 atom stereocenters.